The molecule has 1 aliphatic carbocycles. The summed E-state index contributed by atoms with van der Waals surface area (Å²) < 4.78 is 0. The summed E-state index contributed by atoms with van der Waals surface area (Å²) in [5.74, 6) is 0.354. The largest absolute Gasteiger partial charge is 0.369 e. The fourth-order valence-electron chi connectivity index (χ4n) is 4.33. The minimum absolute atomic E-state index is 0.354. The maximum absolute atomic E-state index is 12.9. The molecule has 27 heavy (non-hydrogen) atoms. The number of Topliss-reactive ketones (excluding diaryl/α,β-unsaturated/α-hetero) is 1. The lowest BCUT2D eigenvalue weighted by Crippen LogP contribution is -2.46. The molecule has 144 valence electrons. The van der Waals surface area contributed by atoms with E-state index in [-0.39, 0.29) is 0 Å². The van der Waals surface area contributed by atoms with Gasteiger partial charge in [0.1, 0.15) is 0 Å². The predicted octanol–water partition coefficient (Wildman–Crippen LogP) is 4.98. The van der Waals surface area contributed by atoms with E-state index >= 15 is 0 Å². The summed E-state index contributed by atoms with van der Waals surface area (Å²) in [7, 11) is 0. The Bertz CT molecular complexity index is 806. The van der Waals surface area contributed by atoms with Crippen molar-refractivity contribution >= 4 is 34.4 Å². The maximum Gasteiger partial charge on any atom is 0.165 e. The van der Waals surface area contributed by atoms with Crippen LogP contribution in [0.15, 0.2) is 24.3 Å². The molecule has 1 aromatic carbocycles. The molecule has 0 saturated carbocycles. The second-order valence-corrected chi connectivity index (χ2v) is 9.37. The normalized spacial score (nSPS) is 17.8. The van der Waals surface area contributed by atoms with Gasteiger partial charge in [-0.15, -0.1) is 11.3 Å². The molecular formula is C22H27ClN2OS. The zero-order valence-corrected chi connectivity index (χ0v) is 17.5. The Balaban J connectivity index is 1.31. The molecule has 1 aliphatic heterocycles. The molecule has 1 fully saturated rings. The first-order chi connectivity index (χ1) is 13.1. The van der Waals surface area contributed by atoms with Crippen molar-refractivity contribution in [2.75, 3.05) is 37.6 Å². The first kappa shape index (κ1) is 19.0. The summed E-state index contributed by atoms with van der Waals surface area (Å²) in [6.07, 6.45) is 5.42. The average molecular weight is 403 g/mol. The van der Waals surface area contributed by atoms with E-state index in [1.165, 1.54) is 40.3 Å². The number of piperazine rings is 1. The number of fused-ring (bicyclic) bond motifs is 1. The van der Waals surface area contributed by atoms with Crippen LogP contribution in [0.1, 0.15) is 44.9 Å². The molecule has 0 radical (unpaired) electrons. The number of aryl methyl sites for hydroxylation is 2. The standard InChI is InChI=1S/C22H27ClN2OS/c1-16-22(19-4-2-3-5-21(19)27-16)20(26)10-11-24-12-14-25(15-13-24)18-8-6-17(23)7-9-18/h6-9H,2-5,10-15H2,1H3. The number of benzene rings is 1. The van der Waals surface area contributed by atoms with Crippen molar-refractivity contribution in [3.8, 4) is 0 Å². The highest BCUT2D eigenvalue weighted by Crippen LogP contribution is 2.34. The van der Waals surface area contributed by atoms with Crippen LogP contribution >= 0.6 is 22.9 Å². The van der Waals surface area contributed by atoms with Crippen molar-refractivity contribution in [2.24, 2.45) is 0 Å². The Morgan fingerprint density at radius 3 is 2.52 bits per heavy atom. The van der Waals surface area contributed by atoms with E-state index in [0.717, 1.165) is 49.7 Å². The SMILES string of the molecule is Cc1sc2c(c1C(=O)CCN1CCN(c3ccc(Cl)cc3)CC1)CCCC2. The molecule has 0 spiro atoms. The van der Waals surface area contributed by atoms with E-state index in [1.807, 2.05) is 23.5 Å². The first-order valence-electron chi connectivity index (χ1n) is 9.99. The van der Waals surface area contributed by atoms with E-state index in [0.29, 0.717) is 12.2 Å². The first-order valence-corrected chi connectivity index (χ1v) is 11.2. The molecule has 0 unspecified atom stereocenters. The number of halogens is 1. The van der Waals surface area contributed by atoms with Gasteiger partial charge in [0.05, 0.1) is 0 Å². The van der Waals surface area contributed by atoms with Crippen molar-refractivity contribution < 1.29 is 4.79 Å². The topological polar surface area (TPSA) is 23.6 Å². The lowest BCUT2D eigenvalue weighted by molar-refractivity contribution is 0.0961. The van der Waals surface area contributed by atoms with Crippen LogP contribution in [0.4, 0.5) is 5.69 Å². The van der Waals surface area contributed by atoms with Crippen LogP contribution in [-0.4, -0.2) is 43.4 Å². The Hall–Kier alpha value is -1.36. The van der Waals surface area contributed by atoms with Gasteiger partial charge in [-0.1, -0.05) is 11.6 Å². The highest BCUT2D eigenvalue weighted by Gasteiger charge is 2.24. The molecule has 0 bridgehead atoms. The molecule has 3 nitrogen and oxygen atoms in total. The molecule has 4 rings (SSSR count). The Morgan fingerprint density at radius 1 is 1.07 bits per heavy atom. The van der Waals surface area contributed by atoms with Crippen LogP contribution in [0, 0.1) is 6.92 Å². The molecule has 0 atom stereocenters. The molecule has 0 amide bonds. The van der Waals surface area contributed by atoms with Gasteiger partial charge in [-0.2, -0.15) is 0 Å². The zero-order chi connectivity index (χ0) is 18.8. The van der Waals surface area contributed by atoms with E-state index in [2.05, 4.69) is 28.9 Å². The fourth-order valence-corrected chi connectivity index (χ4v) is 5.74. The number of anilines is 1. The molecule has 0 N–H and O–H groups in total. The monoisotopic (exact) mass is 402 g/mol. The quantitative estimate of drug-likeness (QED) is 0.658. The minimum Gasteiger partial charge on any atom is -0.369 e. The lowest BCUT2D eigenvalue weighted by Gasteiger charge is -2.36. The summed E-state index contributed by atoms with van der Waals surface area (Å²) in [4.78, 5) is 20.4. The van der Waals surface area contributed by atoms with Crippen molar-refractivity contribution in [2.45, 2.75) is 39.0 Å². The average Bonchev–Trinajstić information content (AvgIpc) is 3.03. The maximum atomic E-state index is 12.9. The van der Waals surface area contributed by atoms with Crippen LogP contribution in [0.5, 0.6) is 0 Å². The highest BCUT2D eigenvalue weighted by molar-refractivity contribution is 7.12. The molecule has 2 aromatic rings. The van der Waals surface area contributed by atoms with Crippen LogP contribution in [-0.2, 0) is 12.8 Å². The van der Waals surface area contributed by atoms with Gasteiger partial charge < -0.3 is 4.90 Å². The van der Waals surface area contributed by atoms with Crippen LogP contribution in [0.3, 0.4) is 0 Å². The van der Waals surface area contributed by atoms with Gasteiger partial charge in [0.25, 0.3) is 0 Å². The summed E-state index contributed by atoms with van der Waals surface area (Å²) in [5.41, 5.74) is 3.67. The Labute approximate surface area is 170 Å². The van der Waals surface area contributed by atoms with Crippen LogP contribution < -0.4 is 4.90 Å². The van der Waals surface area contributed by atoms with Crippen molar-refractivity contribution in [1.82, 2.24) is 4.90 Å². The lowest BCUT2D eigenvalue weighted by atomic mass is 9.92. The summed E-state index contributed by atoms with van der Waals surface area (Å²) >= 11 is 7.84. The molecule has 1 aromatic heterocycles. The molecule has 1 saturated heterocycles. The van der Waals surface area contributed by atoms with Gasteiger partial charge in [0, 0.05) is 65.2 Å². The Morgan fingerprint density at radius 2 is 1.78 bits per heavy atom. The molecule has 2 heterocycles. The third-order valence-corrected chi connectivity index (χ3v) is 7.30. The number of thiophene rings is 1. The van der Waals surface area contributed by atoms with Crippen LogP contribution in [0.2, 0.25) is 5.02 Å². The van der Waals surface area contributed by atoms with E-state index in [9.17, 15) is 4.79 Å². The fraction of sp³-hybridized carbons (Fsp3) is 0.500. The van der Waals surface area contributed by atoms with Gasteiger partial charge in [-0.3, -0.25) is 9.69 Å². The van der Waals surface area contributed by atoms with Gasteiger partial charge in [-0.05, 0) is 62.4 Å². The molecule has 2 aliphatic rings. The van der Waals surface area contributed by atoms with E-state index in [1.54, 1.807) is 0 Å². The summed E-state index contributed by atoms with van der Waals surface area (Å²) in [6.45, 7) is 7.02. The third-order valence-electron chi connectivity index (χ3n) is 5.85. The predicted molar refractivity (Wildman–Crippen MR) is 115 cm³/mol. The van der Waals surface area contributed by atoms with Gasteiger partial charge in [0.2, 0.25) is 0 Å². The number of ketones is 1. The number of hydrogen-bond acceptors (Lipinski definition) is 4. The number of nitrogens with zero attached hydrogens (tertiary/aromatic N) is 2. The molecular weight excluding hydrogens is 376 g/mol. The molecule has 5 heteroatoms. The minimum atomic E-state index is 0.354. The highest BCUT2D eigenvalue weighted by atomic mass is 35.5. The summed E-state index contributed by atoms with van der Waals surface area (Å²) in [5, 5.41) is 0.779. The van der Waals surface area contributed by atoms with Crippen molar-refractivity contribution in [3.05, 3.63) is 50.2 Å². The number of carbonyl (C=O) groups is 1. The van der Waals surface area contributed by atoms with E-state index in [4.69, 9.17) is 11.6 Å². The number of rotatable bonds is 5. The van der Waals surface area contributed by atoms with Gasteiger partial charge >= 0.3 is 0 Å². The number of hydrogen-bond donors (Lipinski definition) is 0. The van der Waals surface area contributed by atoms with Gasteiger partial charge in [-0.25, -0.2) is 0 Å². The smallest absolute Gasteiger partial charge is 0.165 e. The third kappa shape index (κ3) is 4.23. The van der Waals surface area contributed by atoms with Crippen molar-refractivity contribution in [3.63, 3.8) is 0 Å². The zero-order valence-electron chi connectivity index (χ0n) is 16.0. The Kier molecular flexibility index (Phi) is 5.86. The summed E-state index contributed by atoms with van der Waals surface area (Å²) in [6, 6.07) is 8.08. The van der Waals surface area contributed by atoms with Gasteiger partial charge in [0.15, 0.2) is 5.78 Å². The second kappa shape index (κ2) is 8.34. The number of carbonyl (C=O) groups excluding carboxylic acids is 1. The van der Waals surface area contributed by atoms with Crippen molar-refractivity contribution in [1.29, 1.82) is 0 Å². The second-order valence-electron chi connectivity index (χ2n) is 7.62. The van der Waals surface area contributed by atoms with E-state index < -0.39 is 0 Å². The van der Waals surface area contributed by atoms with Crippen LogP contribution in [0.25, 0.3) is 0 Å².